The summed E-state index contributed by atoms with van der Waals surface area (Å²) in [6.45, 7) is -0.614. The van der Waals surface area contributed by atoms with Gasteiger partial charge < -0.3 is 4.74 Å². The van der Waals surface area contributed by atoms with Crippen molar-refractivity contribution in [1.82, 2.24) is 0 Å². The number of hydrogen-bond acceptors (Lipinski definition) is 1. The van der Waals surface area contributed by atoms with Crippen LogP contribution in [0.3, 0.4) is 0 Å². The SMILES string of the molecule is FCCOc1ccc(F)c(Cl)c1. The van der Waals surface area contributed by atoms with Gasteiger partial charge >= 0.3 is 0 Å². The minimum absolute atomic E-state index is 0.0219. The third kappa shape index (κ3) is 2.34. The first-order chi connectivity index (χ1) is 5.74. The topological polar surface area (TPSA) is 9.23 Å². The van der Waals surface area contributed by atoms with Gasteiger partial charge in [0.2, 0.25) is 0 Å². The molecule has 12 heavy (non-hydrogen) atoms. The third-order valence-corrected chi connectivity index (χ3v) is 1.53. The van der Waals surface area contributed by atoms with E-state index in [1.54, 1.807) is 0 Å². The Morgan fingerprint density at radius 2 is 2.17 bits per heavy atom. The summed E-state index contributed by atoms with van der Waals surface area (Å²) in [6, 6.07) is 3.89. The number of alkyl halides is 1. The van der Waals surface area contributed by atoms with E-state index in [2.05, 4.69) is 0 Å². The van der Waals surface area contributed by atoms with Crippen molar-refractivity contribution >= 4 is 11.6 Å². The molecule has 0 fully saturated rings. The normalized spacial score (nSPS) is 9.92. The maximum absolute atomic E-state index is 12.6. The van der Waals surface area contributed by atoms with Gasteiger partial charge in [-0.25, -0.2) is 8.78 Å². The molecule has 0 aliphatic carbocycles. The fourth-order valence-electron chi connectivity index (χ4n) is 0.723. The van der Waals surface area contributed by atoms with Crippen molar-refractivity contribution in [2.45, 2.75) is 0 Å². The summed E-state index contributed by atoms with van der Waals surface area (Å²) in [5.41, 5.74) is 0. The maximum atomic E-state index is 12.6. The van der Waals surface area contributed by atoms with E-state index < -0.39 is 12.5 Å². The van der Waals surface area contributed by atoms with Crippen LogP contribution in [-0.2, 0) is 0 Å². The van der Waals surface area contributed by atoms with Gasteiger partial charge in [-0.2, -0.15) is 0 Å². The molecular weight excluding hydrogens is 186 g/mol. The second-order valence-electron chi connectivity index (χ2n) is 2.11. The fraction of sp³-hybridized carbons (Fsp3) is 0.250. The van der Waals surface area contributed by atoms with E-state index >= 15 is 0 Å². The van der Waals surface area contributed by atoms with Crippen LogP contribution in [0.15, 0.2) is 18.2 Å². The zero-order valence-corrected chi connectivity index (χ0v) is 6.94. The predicted molar refractivity (Wildman–Crippen MR) is 42.9 cm³/mol. The molecule has 0 bridgehead atoms. The molecule has 0 heterocycles. The van der Waals surface area contributed by atoms with Gasteiger partial charge in [-0.15, -0.1) is 0 Å². The number of halogens is 3. The van der Waals surface area contributed by atoms with Crippen LogP contribution in [-0.4, -0.2) is 13.3 Å². The molecule has 1 rings (SSSR count). The minimum Gasteiger partial charge on any atom is -0.491 e. The Hall–Kier alpha value is -0.830. The number of hydrogen-bond donors (Lipinski definition) is 0. The minimum atomic E-state index is -0.574. The largest absolute Gasteiger partial charge is 0.491 e. The van der Waals surface area contributed by atoms with E-state index in [1.807, 2.05) is 0 Å². The molecule has 0 aliphatic rings. The van der Waals surface area contributed by atoms with Gasteiger partial charge in [0.1, 0.15) is 24.8 Å². The van der Waals surface area contributed by atoms with E-state index in [-0.39, 0.29) is 11.6 Å². The number of rotatable bonds is 3. The lowest BCUT2D eigenvalue weighted by atomic mass is 10.3. The first-order valence-corrected chi connectivity index (χ1v) is 3.75. The van der Waals surface area contributed by atoms with Gasteiger partial charge in [0.25, 0.3) is 0 Å². The highest BCUT2D eigenvalue weighted by Crippen LogP contribution is 2.20. The van der Waals surface area contributed by atoms with Crippen molar-refractivity contribution in [3.63, 3.8) is 0 Å². The van der Waals surface area contributed by atoms with Crippen LogP contribution in [0.2, 0.25) is 5.02 Å². The Kier molecular flexibility index (Phi) is 3.29. The molecule has 1 aromatic rings. The molecule has 0 unspecified atom stereocenters. The maximum Gasteiger partial charge on any atom is 0.142 e. The van der Waals surface area contributed by atoms with Gasteiger partial charge in [-0.05, 0) is 12.1 Å². The van der Waals surface area contributed by atoms with E-state index in [9.17, 15) is 8.78 Å². The second-order valence-corrected chi connectivity index (χ2v) is 2.52. The third-order valence-electron chi connectivity index (χ3n) is 1.24. The summed E-state index contributed by atoms with van der Waals surface area (Å²) < 4.78 is 29.1. The average Bonchev–Trinajstić information content (AvgIpc) is 2.07. The quantitative estimate of drug-likeness (QED) is 0.716. The molecular formula is C8H7ClF2O. The standard InChI is InChI=1S/C8H7ClF2O/c9-7-5-6(12-4-3-10)1-2-8(7)11/h1-2,5H,3-4H2. The summed E-state index contributed by atoms with van der Waals surface area (Å²) in [4.78, 5) is 0. The summed E-state index contributed by atoms with van der Waals surface area (Å²) in [5.74, 6) is -0.136. The molecule has 0 saturated carbocycles. The highest BCUT2D eigenvalue weighted by Gasteiger charge is 2.00. The molecule has 0 atom stereocenters. The first kappa shape index (κ1) is 9.26. The van der Waals surface area contributed by atoms with Crippen LogP contribution in [0, 0.1) is 5.82 Å². The Labute approximate surface area is 73.9 Å². The molecule has 66 valence electrons. The van der Waals surface area contributed by atoms with E-state index in [0.717, 1.165) is 0 Å². The lowest BCUT2D eigenvalue weighted by Gasteiger charge is -2.03. The highest BCUT2D eigenvalue weighted by atomic mass is 35.5. The molecule has 0 saturated heterocycles. The van der Waals surface area contributed by atoms with E-state index in [0.29, 0.717) is 5.75 Å². The lowest BCUT2D eigenvalue weighted by Crippen LogP contribution is -1.98. The summed E-state index contributed by atoms with van der Waals surface area (Å²) in [6.07, 6.45) is 0. The summed E-state index contributed by atoms with van der Waals surface area (Å²) in [7, 11) is 0. The van der Waals surface area contributed by atoms with Crippen molar-refractivity contribution in [3.8, 4) is 5.75 Å². The Bertz CT molecular complexity index is 265. The molecule has 0 aliphatic heterocycles. The smallest absolute Gasteiger partial charge is 0.142 e. The molecule has 0 aromatic heterocycles. The van der Waals surface area contributed by atoms with Crippen molar-refractivity contribution in [2.24, 2.45) is 0 Å². The van der Waals surface area contributed by atoms with Crippen molar-refractivity contribution < 1.29 is 13.5 Å². The first-order valence-electron chi connectivity index (χ1n) is 3.38. The van der Waals surface area contributed by atoms with Crippen molar-refractivity contribution in [2.75, 3.05) is 13.3 Å². The van der Waals surface area contributed by atoms with E-state index in [4.69, 9.17) is 16.3 Å². The monoisotopic (exact) mass is 192 g/mol. The molecule has 0 amide bonds. The van der Waals surface area contributed by atoms with Crippen LogP contribution >= 0.6 is 11.6 Å². The number of benzene rings is 1. The van der Waals surface area contributed by atoms with Crippen molar-refractivity contribution in [1.29, 1.82) is 0 Å². The Morgan fingerprint density at radius 3 is 2.75 bits per heavy atom. The van der Waals surface area contributed by atoms with Crippen LogP contribution in [0.5, 0.6) is 5.75 Å². The fourth-order valence-corrected chi connectivity index (χ4v) is 0.894. The second kappa shape index (κ2) is 4.26. The lowest BCUT2D eigenvalue weighted by molar-refractivity contribution is 0.273. The van der Waals surface area contributed by atoms with Gasteiger partial charge in [0.15, 0.2) is 0 Å². The molecule has 0 spiro atoms. The predicted octanol–water partition coefficient (Wildman–Crippen LogP) is 2.83. The molecule has 0 radical (unpaired) electrons. The van der Waals surface area contributed by atoms with Gasteiger partial charge in [0, 0.05) is 6.07 Å². The van der Waals surface area contributed by atoms with Gasteiger partial charge in [0.05, 0.1) is 5.02 Å². The molecule has 1 nitrogen and oxygen atoms in total. The Balaban J connectivity index is 2.69. The molecule has 1 aromatic carbocycles. The number of ether oxygens (including phenoxy) is 1. The van der Waals surface area contributed by atoms with E-state index in [1.165, 1.54) is 18.2 Å². The van der Waals surface area contributed by atoms with Crippen LogP contribution in [0.1, 0.15) is 0 Å². The Morgan fingerprint density at radius 1 is 1.42 bits per heavy atom. The van der Waals surface area contributed by atoms with Crippen LogP contribution in [0.25, 0.3) is 0 Å². The zero-order valence-electron chi connectivity index (χ0n) is 6.19. The van der Waals surface area contributed by atoms with Gasteiger partial charge in [-0.3, -0.25) is 0 Å². The summed E-state index contributed by atoms with van der Waals surface area (Å²) in [5, 5.41) is -0.0219. The molecule has 4 heteroatoms. The average molecular weight is 193 g/mol. The molecule has 0 N–H and O–H groups in total. The summed E-state index contributed by atoms with van der Waals surface area (Å²) >= 11 is 5.44. The van der Waals surface area contributed by atoms with Crippen molar-refractivity contribution in [3.05, 3.63) is 29.0 Å². The van der Waals surface area contributed by atoms with Crippen LogP contribution in [0.4, 0.5) is 8.78 Å². The van der Waals surface area contributed by atoms with Crippen LogP contribution < -0.4 is 4.74 Å². The van der Waals surface area contributed by atoms with Gasteiger partial charge in [-0.1, -0.05) is 11.6 Å². The highest BCUT2D eigenvalue weighted by molar-refractivity contribution is 6.30. The zero-order chi connectivity index (χ0) is 8.97.